The Bertz CT molecular complexity index is 388. The molecular weight excluding hydrogens is 163 g/mol. The molecular formula is C7H4ClN3. The number of rotatable bonds is 0. The molecule has 0 unspecified atom stereocenters. The van der Waals surface area contributed by atoms with Crippen LogP contribution in [-0.2, 0) is 0 Å². The summed E-state index contributed by atoms with van der Waals surface area (Å²) in [6.45, 7) is 0. The topological polar surface area (TPSA) is 38.7 Å². The van der Waals surface area contributed by atoms with Crippen molar-refractivity contribution in [2.75, 3.05) is 0 Å². The summed E-state index contributed by atoms with van der Waals surface area (Å²) in [6, 6.07) is 3.62. The smallest absolute Gasteiger partial charge is 0.178 e. The van der Waals surface area contributed by atoms with E-state index in [1.165, 1.54) is 6.20 Å². The highest BCUT2D eigenvalue weighted by atomic mass is 35.5. The second kappa shape index (κ2) is 2.43. The van der Waals surface area contributed by atoms with Crippen LogP contribution in [0.4, 0.5) is 0 Å². The first-order chi connectivity index (χ1) is 5.36. The van der Waals surface area contributed by atoms with Crippen LogP contribution in [0.5, 0.6) is 0 Å². The SMILES string of the molecule is Cl[13c]1cnc2ncccc2n1. The number of hydrogen-bond acceptors (Lipinski definition) is 3. The highest BCUT2D eigenvalue weighted by Crippen LogP contribution is 2.08. The quantitative estimate of drug-likeness (QED) is 0.598. The van der Waals surface area contributed by atoms with Crippen LogP contribution in [0, 0.1) is 0 Å². The molecule has 2 aromatic heterocycles. The first kappa shape index (κ1) is 6.49. The third-order valence-corrected chi connectivity index (χ3v) is 1.47. The number of nitrogens with zero attached hydrogens (tertiary/aromatic N) is 3. The van der Waals surface area contributed by atoms with Crippen LogP contribution in [0.15, 0.2) is 24.5 Å². The molecule has 0 amide bonds. The summed E-state index contributed by atoms with van der Waals surface area (Å²) in [5, 5.41) is 0.394. The summed E-state index contributed by atoms with van der Waals surface area (Å²) in [7, 11) is 0. The lowest BCUT2D eigenvalue weighted by Crippen LogP contribution is -1.85. The molecule has 0 aliphatic carbocycles. The van der Waals surface area contributed by atoms with Crippen molar-refractivity contribution in [2.24, 2.45) is 0 Å². The first-order valence-electron chi connectivity index (χ1n) is 3.09. The molecule has 54 valence electrons. The van der Waals surface area contributed by atoms with Gasteiger partial charge in [-0.2, -0.15) is 0 Å². The van der Waals surface area contributed by atoms with Gasteiger partial charge in [0.2, 0.25) is 0 Å². The van der Waals surface area contributed by atoms with E-state index in [4.69, 9.17) is 11.6 Å². The Kier molecular flexibility index (Phi) is 1.43. The van der Waals surface area contributed by atoms with Crippen molar-refractivity contribution in [3.8, 4) is 0 Å². The van der Waals surface area contributed by atoms with Crippen molar-refractivity contribution >= 4 is 22.8 Å². The van der Waals surface area contributed by atoms with Gasteiger partial charge in [-0.05, 0) is 12.1 Å². The van der Waals surface area contributed by atoms with E-state index in [1.54, 1.807) is 12.3 Å². The summed E-state index contributed by atoms with van der Waals surface area (Å²) in [4.78, 5) is 12.0. The highest BCUT2D eigenvalue weighted by Gasteiger charge is 1.95. The van der Waals surface area contributed by atoms with Gasteiger partial charge in [-0.25, -0.2) is 15.0 Å². The standard InChI is InChI=1S/C7H4ClN3/c8-6-4-10-7-5(11-6)2-1-3-9-7/h1-4H/i6+1. The second-order valence-corrected chi connectivity index (χ2v) is 2.43. The van der Waals surface area contributed by atoms with E-state index in [2.05, 4.69) is 15.0 Å². The minimum absolute atomic E-state index is 0.394. The molecule has 2 aromatic rings. The molecule has 0 aromatic carbocycles. The van der Waals surface area contributed by atoms with Crippen LogP contribution < -0.4 is 0 Å². The van der Waals surface area contributed by atoms with E-state index >= 15 is 0 Å². The Hall–Kier alpha value is -1.22. The highest BCUT2D eigenvalue weighted by molar-refractivity contribution is 6.29. The fourth-order valence-corrected chi connectivity index (χ4v) is 0.973. The largest absolute Gasteiger partial charge is 0.235 e. The average Bonchev–Trinajstić information content (AvgIpc) is 2.04. The molecule has 11 heavy (non-hydrogen) atoms. The van der Waals surface area contributed by atoms with Gasteiger partial charge in [-0.1, -0.05) is 11.6 Å². The zero-order valence-electron chi connectivity index (χ0n) is 5.53. The molecule has 0 aliphatic rings. The van der Waals surface area contributed by atoms with Crippen molar-refractivity contribution in [1.82, 2.24) is 15.0 Å². The Morgan fingerprint density at radius 2 is 2.18 bits per heavy atom. The van der Waals surface area contributed by atoms with Crippen LogP contribution in [-0.4, -0.2) is 15.0 Å². The lowest BCUT2D eigenvalue weighted by Gasteiger charge is -1.92. The maximum atomic E-state index is 5.62. The van der Waals surface area contributed by atoms with Crippen molar-refractivity contribution in [2.45, 2.75) is 0 Å². The van der Waals surface area contributed by atoms with Crippen LogP contribution in [0.1, 0.15) is 0 Å². The van der Waals surface area contributed by atoms with Gasteiger partial charge in [0.15, 0.2) is 5.65 Å². The van der Waals surface area contributed by atoms with Gasteiger partial charge in [0.1, 0.15) is 10.7 Å². The van der Waals surface area contributed by atoms with Crippen molar-refractivity contribution in [3.63, 3.8) is 0 Å². The fraction of sp³-hybridized carbons (Fsp3) is 0. The Morgan fingerprint density at radius 3 is 3.09 bits per heavy atom. The normalized spacial score (nSPS) is 10.3. The van der Waals surface area contributed by atoms with Crippen LogP contribution in [0.3, 0.4) is 0 Å². The second-order valence-electron chi connectivity index (χ2n) is 2.04. The van der Waals surface area contributed by atoms with Gasteiger partial charge >= 0.3 is 0 Å². The monoisotopic (exact) mass is 166 g/mol. The van der Waals surface area contributed by atoms with Crippen molar-refractivity contribution < 1.29 is 0 Å². The Balaban J connectivity index is 2.83. The molecule has 0 bridgehead atoms. The lowest BCUT2D eigenvalue weighted by atomic mass is 10.4. The van der Waals surface area contributed by atoms with Crippen LogP contribution >= 0.6 is 11.6 Å². The zero-order chi connectivity index (χ0) is 7.68. The molecule has 2 rings (SSSR count). The molecule has 4 heteroatoms. The molecule has 0 radical (unpaired) electrons. The summed E-state index contributed by atoms with van der Waals surface area (Å²) in [6.07, 6.45) is 3.15. The fourth-order valence-electron chi connectivity index (χ4n) is 0.834. The van der Waals surface area contributed by atoms with Crippen molar-refractivity contribution in [1.29, 1.82) is 0 Å². The van der Waals surface area contributed by atoms with E-state index in [0.29, 0.717) is 10.8 Å². The molecule has 0 saturated heterocycles. The maximum Gasteiger partial charge on any atom is 0.178 e. The van der Waals surface area contributed by atoms with E-state index in [1.807, 2.05) is 6.07 Å². The summed E-state index contributed by atoms with van der Waals surface area (Å²) in [5.41, 5.74) is 1.34. The average molecular weight is 167 g/mol. The number of hydrogen-bond donors (Lipinski definition) is 0. The predicted octanol–water partition coefficient (Wildman–Crippen LogP) is 1.68. The lowest BCUT2D eigenvalue weighted by molar-refractivity contribution is 1.22. The van der Waals surface area contributed by atoms with Gasteiger partial charge in [-0.15, -0.1) is 0 Å². The number of halogens is 1. The maximum absolute atomic E-state index is 5.62. The first-order valence-corrected chi connectivity index (χ1v) is 3.47. The molecule has 0 spiro atoms. The van der Waals surface area contributed by atoms with Gasteiger partial charge in [0.25, 0.3) is 0 Å². The number of pyridine rings is 1. The van der Waals surface area contributed by atoms with Gasteiger partial charge in [-0.3, -0.25) is 0 Å². The Labute approximate surface area is 68.1 Å². The predicted molar refractivity (Wildman–Crippen MR) is 42.3 cm³/mol. The third-order valence-electron chi connectivity index (χ3n) is 1.29. The van der Waals surface area contributed by atoms with Crippen LogP contribution in [0.2, 0.25) is 5.15 Å². The third kappa shape index (κ3) is 1.14. The van der Waals surface area contributed by atoms with E-state index in [9.17, 15) is 0 Å². The van der Waals surface area contributed by atoms with Gasteiger partial charge in [0.05, 0.1) is 6.20 Å². The number of aromatic nitrogens is 3. The van der Waals surface area contributed by atoms with E-state index < -0.39 is 0 Å². The molecule has 0 fully saturated rings. The minimum Gasteiger partial charge on any atom is -0.235 e. The summed E-state index contributed by atoms with van der Waals surface area (Å²) >= 11 is 5.62. The summed E-state index contributed by atoms with van der Waals surface area (Å²) < 4.78 is 0. The summed E-state index contributed by atoms with van der Waals surface area (Å²) in [5.74, 6) is 0. The number of fused-ring (bicyclic) bond motifs is 1. The van der Waals surface area contributed by atoms with E-state index in [-0.39, 0.29) is 0 Å². The van der Waals surface area contributed by atoms with Gasteiger partial charge < -0.3 is 0 Å². The zero-order valence-corrected chi connectivity index (χ0v) is 6.28. The van der Waals surface area contributed by atoms with Crippen LogP contribution in [0.25, 0.3) is 11.2 Å². The molecule has 3 nitrogen and oxygen atoms in total. The molecule has 2 heterocycles. The molecule has 0 saturated carbocycles. The Morgan fingerprint density at radius 1 is 1.27 bits per heavy atom. The van der Waals surface area contributed by atoms with Gasteiger partial charge in [0, 0.05) is 6.20 Å². The minimum atomic E-state index is 0.394. The van der Waals surface area contributed by atoms with Crippen molar-refractivity contribution in [3.05, 3.63) is 29.7 Å². The molecule has 0 N–H and O–H groups in total. The van der Waals surface area contributed by atoms with E-state index in [0.717, 1.165) is 5.52 Å². The molecule has 0 atom stereocenters. The molecule has 0 aliphatic heterocycles.